The second kappa shape index (κ2) is 6.53. The van der Waals surface area contributed by atoms with E-state index in [2.05, 4.69) is 4.90 Å². The molecule has 1 heterocycles. The van der Waals surface area contributed by atoms with Crippen LogP contribution in [0.25, 0.3) is 0 Å². The number of nitrogens with one attached hydrogen (secondary N) is 1. The molecule has 1 aliphatic rings. The average Bonchev–Trinajstić information content (AvgIpc) is 2.73. The van der Waals surface area contributed by atoms with Gasteiger partial charge in [-0.25, -0.2) is 0 Å². The Balaban J connectivity index is 2.14. The fourth-order valence-corrected chi connectivity index (χ4v) is 2.50. The molecular weight excluding hydrogens is 226 g/mol. The first-order valence-electron chi connectivity index (χ1n) is 7.08. The topological polar surface area (TPSA) is 73.3 Å². The largest absolute Gasteiger partial charge is 0.393 e. The first-order chi connectivity index (χ1) is 8.33. The van der Waals surface area contributed by atoms with Crippen molar-refractivity contribution >= 4 is 5.84 Å². The summed E-state index contributed by atoms with van der Waals surface area (Å²) in [6, 6.07) is 0. The smallest absolute Gasteiger partial charge is 0.0963 e. The Labute approximate surface area is 111 Å². The standard InChI is InChI=1S/C14H29N3O/c1-11(18)12-6-9-17(10-12)8-5-4-7-14(2,3)13(15)16/h11-12,18H,4-10H2,1-3H3,(H3,15,16). The molecule has 4 N–H and O–H groups in total. The van der Waals surface area contributed by atoms with Crippen LogP contribution in [0.2, 0.25) is 0 Å². The molecule has 0 radical (unpaired) electrons. The van der Waals surface area contributed by atoms with E-state index in [1.807, 2.05) is 20.8 Å². The van der Waals surface area contributed by atoms with E-state index in [9.17, 15) is 5.11 Å². The van der Waals surface area contributed by atoms with Gasteiger partial charge < -0.3 is 15.7 Å². The van der Waals surface area contributed by atoms with E-state index in [4.69, 9.17) is 11.1 Å². The maximum Gasteiger partial charge on any atom is 0.0963 e. The minimum Gasteiger partial charge on any atom is -0.393 e. The van der Waals surface area contributed by atoms with Crippen molar-refractivity contribution in [3.8, 4) is 0 Å². The number of aliphatic hydroxyl groups is 1. The molecule has 0 aromatic carbocycles. The van der Waals surface area contributed by atoms with Crippen molar-refractivity contribution in [1.82, 2.24) is 4.90 Å². The van der Waals surface area contributed by atoms with E-state index in [0.717, 1.165) is 45.3 Å². The molecule has 0 amide bonds. The van der Waals surface area contributed by atoms with Crippen LogP contribution in [-0.4, -0.2) is 41.6 Å². The van der Waals surface area contributed by atoms with Crippen LogP contribution in [-0.2, 0) is 0 Å². The first-order valence-corrected chi connectivity index (χ1v) is 7.08. The molecule has 1 saturated heterocycles. The molecule has 2 unspecified atom stereocenters. The normalized spacial score (nSPS) is 23.2. The van der Waals surface area contributed by atoms with Gasteiger partial charge in [-0.15, -0.1) is 0 Å². The highest BCUT2D eigenvalue weighted by Gasteiger charge is 2.26. The molecule has 1 aliphatic heterocycles. The van der Waals surface area contributed by atoms with E-state index in [0.29, 0.717) is 5.92 Å². The Kier molecular flexibility index (Phi) is 5.60. The lowest BCUT2D eigenvalue weighted by molar-refractivity contribution is 0.127. The number of rotatable bonds is 7. The van der Waals surface area contributed by atoms with Gasteiger partial charge in [0.2, 0.25) is 0 Å². The molecule has 4 nitrogen and oxygen atoms in total. The van der Waals surface area contributed by atoms with Gasteiger partial charge in [0, 0.05) is 12.0 Å². The highest BCUT2D eigenvalue weighted by atomic mass is 16.3. The first kappa shape index (κ1) is 15.4. The van der Waals surface area contributed by atoms with Gasteiger partial charge in [-0.3, -0.25) is 5.41 Å². The Hall–Kier alpha value is -0.610. The van der Waals surface area contributed by atoms with Crippen LogP contribution in [0.15, 0.2) is 0 Å². The van der Waals surface area contributed by atoms with Crippen molar-refractivity contribution in [2.75, 3.05) is 19.6 Å². The molecular formula is C14H29N3O. The molecule has 2 atom stereocenters. The molecule has 0 saturated carbocycles. The fourth-order valence-electron chi connectivity index (χ4n) is 2.50. The summed E-state index contributed by atoms with van der Waals surface area (Å²) in [5, 5.41) is 17.1. The SMILES string of the molecule is CC(O)C1CCN(CCCCC(C)(C)C(=N)N)C1. The lowest BCUT2D eigenvalue weighted by Gasteiger charge is -2.23. The zero-order valence-electron chi connectivity index (χ0n) is 12.1. The number of hydrogen-bond donors (Lipinski definition) is 3. The number of aliphatic hydroxyl groups excluding tert-OH is 1. The van der Waals surface area contributed by atoms with Crippen molar-refractivity contribution in [3.63, 3.8) is 0 Å². The van der Waals surface area contributed by atoms with E-state index < -0.39 is 0 Å². The summed E-state index contributed by atoms with van der Waals surface area (Å²) >= 11 is 0. The number of nitrogens with two attached hydrogens (primary N) is 1. The molecule has 1 fully saturated rings. The molecule has 4 heteroatoms. The molecule has 1 rings (SSSR count). The van der Waals surface area contributed by atoms with Crippen molar-refractivity contribution < 1.29 is 5.11 Å². The van der Waals surface area contributed by atoms with Crippen LogP contribution in [0.4, 0.5) is 0 Å². The minimum atomic E-state index is -0.174. The highest BCUT2D eigenvalue weighted by molar-refractivity contribution is 5.82. The summed E-state index contributed by atoms with van der Waals surface area (Å²) < 4.78 is 0. The lowest BCUT2D eigenvalue weighted by Crippen LogP contribution is -2.31. The molecule has 18 heavy (non-hydrogen) atoms. The van der Waals surface area contributed by atoms with Gasteiger partial charge in [0.05, 0.1) is 11.9 Å². The lowest BCUT2D eigenvalue weighted by atomic mass is 9.86. The van der Waals surface area contributed by atoms with Crippen LogP contribution < -0.4 is 5.73 Å². The van der Waals surface area contributed by atoms with Crippen LogP contribution in [0.1, 0.15) is 46.5 Å². The Morgan fingerprint density at radius 3 is 2.67 bits per heavy atom. The van der Waals surface area contributed by atoms with Crippen LogP contribution in [0.5, 0.6) is 0 Å². The third-order valence-electron chi connectivity index (χ3n) is 4.25. The maximum absolute atomic E-state index is 9.55. The highest BCUT2D eigenvalue weighted by Crippen LogP contribution is 2.24. The van der Waals surface area contributed by atoms with E-state index in [1.54, 1.807) is 0 Å². The van der Waals surface area contributed by atoms with Gasteiger partial charge in [-0.1, -0.05) is 20.3 Å². The quantitative estimate of drug-likeness (QED) is 0.369. The van der Waals surface area contributed by atoms with Crippen molar-refractivity contribution in [2.45, 2.75) is 52.6 Å². The molecule has 0 bridgehead atoms. The zero-order valence-corrected chi connectivity index (χ0v) is 12.1. The molecule has 0 aromatic rings. The van der Waals surface area contributed by atoms with E-state index in [-0.39, 0.29) is 17.4 Å². The summed E-state index contributed by atoms with van der Waals surface area (Å²) in [4.78, 5) is 2.44. The van der Waals surface area contributed by atoms with Gasteiger partial charge in [-0.05, 0) is 45.2 Å². The van der Waals surface area contributed by atoms with Gasteiger partial charge in [0.15, 0.2) is 0 Å². The van der Waals surface area contributed by atoms with Crippen molar-refractivity contribution in [2.24, 2.45) is 17.1 Å². The number of hydrogen-bond acceptors (Lipinski definition) is 3. The minimum absolute atomic E-state index is 0.160. The third kappa shape index (κ3) is 4.58. The molecule has 0 aromatic heterocycles. The number of amidine groups is 1. The van der Waals surface area contributed by atoms with Crippen LogP contribution in [0, 0.1) is 16.7 Å². The number of nitrogens with zero attached hydrogens (tertiary/aromatic N) is 1. The number of unbranched alkanes of at least 4 members (excludes halogenated alkanes) is 1. The summed E-state index contributed by atoms with van der Waals surface area (Å²) in [6.07, 6.45) is 4.20. The second-order valence-corrected chi connectivity index (χ2v) is 6.34. The van der Waals surface area contributed by atoms with Crippen molar-refractivity contribution in [1.29, 1.82) is 5.41 Å². The second-order valence-electron chi connectivity index (χ2n) is 6.34. The van der Waals surface area contributed by atoms with Crippen molar-refractivity contribution in [3.05, 3.63) is 0 Å². The Morgan fingerprint density at radius 1 is 1.50 bits per heavy atom. The number of likely N-dealkylation sites (tertiary alicyclic amines) is 1. The molecule has 106 valence electrons. The predicted octanol–water partition coefficient (Wildman–Crippen LogP) is 1.82. The summed E-state index contributed by atoms with van der Waals surface area (Å²) in [5.74, 6) is 0.747. The molecule has 0 spiro atoms. The predicted molar refractivity (Wildman–Crippen MR) is 75.8 cm³/mol. The monoisotopic (exact) mass is 255 g/mol. The van der Waals surface area contributed by atoms with Gasteiger partial charge in [0.1, 0.15) is 0 Å². The van der Waals surface area contributed by atoms with E-state index in [1.165, 1.54) is 0 Å². The Morgan fingerprint density at radius 2 is 2.17 bits per heavy atom. The van der Waals surface area contributed by atoms with Crippen LogP contribution >= 0.6 is 0 Å². The zero-order chi connectivity index (χ0) is 13.8. The van der Waals surface area contributed by atoms with E-state index >= 15 is 0 Å². The summed E-state index contributed by atoms with van der Waals surface area (Å²) in [6.45, 7) is 9.23. The third-order valence-corrected chi connectivity index (χ3v) is 4.25. The average molecular weight is 255 g/mol. The van der Waals surface area contributed by atoms with Gasteiger partial charge in [0.25, 0.3) is 0 Å². The molecule has 0 aliphatic carbocycles. The maximum atomic E-state index is 9.55. The van der Waals surface area contributed by atoms with Gasteiger partial charge in [-0.2, -0.15) is 0 Å². The summed E-state index contributed by atoms with van der Waals surface area (Å²) in [7, 11) is 0. The van der Waals surface area contributed by atoms with Gasteiger partial charge >= 0.3 is 0 Å². The Bertz CT molecular complexity index is 276. The summed E-state index contributed by atoms with van der Waals surface area (Å²) in [5.41, 5.74) is 5.41. The van der Waals surface area contributed by atoms with Crippen LogP contribution in [0.3, 0.4) is 0 Å². The fraction of sp³-hybridized carbons (Fsp3) is 0.929.